The Morgan fingerprint density at radius 3 is 3.00 bits per heavy atom. The van der Waals surface area contributed by atoms with Crippen LogP contribution in [0.4, 0.5) is 0 Å². The molecule has 1 amide bonds. The summed E-state index contributed by atoms with van der Waals surface area (Å²) in [5.41, 5.74) is 0. The van der Waals surface area contributed by atoms with Gasteiger partial charge in [0.25, 0.3) is 0 Å². The molecule has 0 bridgehead atoms. The summed E-state index contributed by atoms with van der Waals surface area (Å²) in [6.07, 6.45) is -0.00796. The molecule has 0 radical (unpaired) electrons. The minimum atomic E-state index is -0.257. The van der Waals surface area contributed by atoms with E-state index in [1.165, 1.54) is 6.92 Å². The number of hydrogen-bond acceptors (Lipinski definition) is 3. The van der Waals surface area contributed by atoms with E-state index in [1.54, 1.807) is 4.90 Å². The summed E-state index contributed by atoms with van der Waals surface area (Å²) < 4.78 is 5.10. The Hall–Kier alpha value is -0.900. The molecular weight excluding hydrogens is 146 g/mol. The molecule has 2 aliphatic heterocycles. The number of ketones is 1. The highest BCUT2D eigenvalue weighted by Crippen LogP contribution is 2.27. The first-order chi connectivity index (χ1) is 5.20. The van der Waals surface area contributed by atoms with E-state index in [1.807, 2.05) is 0 Å². The van der Waals surface area contributed by atoms with Gasteiger partial charge in [-0.25, -0.2) is 0 Å². The number of rotatable bonds is 0. The highest BCUT2D eigenvalue weighted by molar-refractivity contribution is 5.93. The van der Waals surface area contributed by atoms with E-state index in [9.17, 15) is 9.59 Å². The first-order valence-electron chi connectivity index (χ1n) is 3.61. The van der Waals surface area contributed by atoms with Crippen molar-refractivity contribution in [2.45, 2.75) is 19.1 Å². The Kier molecular flexibility index (Phi) is 1.26. The Labute approximate surface area is 64.1 Å². The fourth-order valence-electron chi connectivity index (χ4n) is 1.59. The molecule has 2 rings (SSSR count). The van der Waals surface area contributed by atoms with Crippen molar-refractivity contribution in [2.24, 2.45) is 0 Å². The predicted molar refractivity (Wildman–Crippen MR) is 35.9 cm³/mol. The van der Waals surface area contributed by atoms with E-state index < -0.39 is 0 Å². The molecule has 0 aliphatic carbocycles. The van der Waals surface area contributed by atoms with Gasteiger partial charge < -0.3 is 9.64 Å². The molecule has 2 heterocycles. The third kappa shape index (κ3) is 0.790. The highest BCUT2D eigenvalue weighted by Gasteiger charge is 2.50. The van der Waals surface area contributed by atoms with Gasteiger partial charge in [-0.1, -0.05) is 0 Å². The molecule has 0 aromatic rings. The summed E-state index contributed by atoms with van der Waals surface area (Å²) in [6, 6.07) is -0.257. The average molecular weight is 155 g/mol. The van der Waals surface area contributed by atoms with Gasteiger partial charge in [-0.05, 0) is 0 Å². The van der Waals surface area contributed by atoms with Gasteiger partial charge in [-0.2, -0.15) is 0 Å². The van der Waals surface area contributed by atoms with Crippen molar-refractivity contribution in [1.29, 1.82) is 0 Å². The summed E-state index contributed by atoms with van der Waals surface area (Å²) in [6.45, 7) is 2.24. The van der Waals surface area contributed by atoms with E-state index >= 15 is 0 Å². The van der Waals surface area contributed by atoms with Crippen molar-refractivity contribution >= 4 is 11.7 Å². The average Bonchev–Trinajstić information content (AvgIpc) is 2.06. The van der Waals surface area contributed by atoms with E-state index in [2.05, 4.69) is 0 Å². The van der Waals surface area contributed by atoms with E-state index in [4.69, 9.17) is 4.74 Å². The van der Waals surface area contributed by atoms with Crippen LogP contribution in [-0.4, -0.2) is 41.9 Å². The first kappa shape index (κ1) is 6.79. The lowest BCUT2D eigenvalue weighted by Crippen LogP contribution is -2.61. The zero-order valence-electron chi connectivity index (χ0n) is 6.24. The number of amides is 1. The zero-order valence-corrected chi connectivity index (χ0v) is 6.24. The Balaban J connectivity index is 2.11. The zero-order chi connectivity index (χ0) is 8.01. The van der Waals surface area contributed by atoms with Crippen LogP contribution in [0.1, 0.15) is 6.92 Å². The summed E-state index contributed by atoms with van der Waals surface area (Å²) in [7, 11) is 0. The number of ether oxygens (including phenoxy) is 1. The van der Waals surface area contributed by atoms with Crippen molar-refractivity contribution in [3.8, 4) is 0 Å². The molecule has 2 atom stereocenters. The third-order valence-electron chi connectivity index (χ3n) is 2.24. The number of fused-ring (bicyclic) bond motifs is 1. The molecule has 0 aromatic carbocycles. The lowest BCUT2D eigenvalue weighted by Gasteiger charge is -2.40. The van der Waals surface area contributed by atoms with Crippen LogP contribution < -0.4 is 0 Å². The Morgan fingerprint density at radius 2 is 2.45 bits per heavy atom. The van der Waals surface area contributed by atoms with Gasteiger partial charge in [0.15, 0.2) is 5.78 Å². The largest absolute Gasteiger partial charge is 0.366 e. The molecule has 60 valence electrons. The van der Waals surface area contributed by atoms with Gasteiger partial charge in [0.05, 0.1) is 6.54 Å². The first-order valence-corrected chi connectivity index (χ1v) is 3.61. The van der Waals surface area contributed by atoms with Crippen LogP contribution in [0.3, 0.4) is 0 Å². The number of hydrogen-bond donors (Lipinski definition) is 0. The number of nitrogens with zero attached hydrogens (tertiary/aromatic N) is 1. The van der Waals surface area contributed by atoms with Crippen LogP contribution in [0, 0.1) is 0 Å². The predicted octanol–water partition coefficient (Wildman–Crippen LogP) is -0.815. The Morgan fingerprint density at radius 1 is 1.73 bits per heavy atom. The maximum atomic E-state index is 11.0. The summed E-state index contributed by atoms with van der Waals surface area (Å²) in [5.74, 6) is 0.00144. The van der Waals surface area contributed by atoms with Crippen molar-refractivity contribution < 1.29 is 14.3 Å². The van der Waals surface area contributed by atoms with Gasteiger partial charge in [0, 0.05) is 6.92 Å². The smallest absolute Gasteiger partial charge is 0.220 e. The Bertz CT molecular complexity index is 226. The second-order valence-corrected chi connectivity index (χ2v) is 2.93. The quantitative estimate of drug-likeness (QED) is 0.459. The fourth-order valence-corrected chi connectivity index (χ4v) is 1.59. The normalized spacial score (nSPS) is 35.0. The maximum absolute atomic E-state index is 11.0. The number of carbonyl (C=O) groups excluding carboxylic acids is 2. The van der Waals surface area contributed by atoms with Crippen LogP contribution in [0.5, 0.6) is 0 Å². The molecule has 2 fully saturated rings. The second kappa shape index (κ2) is 2.04. The maximum Gasteiger partial charge on any atom is 0.220 e. The van der Waals surface area contributed by atoms with Gasteiger partial charge in [-0.15, -0.1) is 0 Å². The molecular formula is C7H9NO3. The molecule has 2 aliphatic rings. The molecule has 0 aromatic heterocycles. The van der Waals surface area contributed by atoms with Gasteiger partial charge in [0.1, 0.15) is 18.8 Å². The van der Waals surface area contributed by atoms with E-state index in [0.29, 0.717) is 6.54 Å². The van der Waals surface area contributed by atoms with Crippen molar-refractivity contribution in [1.82, 2.24) is 4.90 Å². The van der Waals surface area contributed by atoms with Crippen LogP contribution >= 0.6 is 0 Å². The van der Waals surface area contributed by atoms with E-state index in [-0.39, 0.29) is 30.4 Å². The summed E-state index contributed by atoms with van der Waals surface area (Å²) in [5, 5.41) is 0. The molecule has 2 saturated heterocycles. The van der Waals surface area contributed by atoms with Crippen molar-refractivity contribution in [2.75, 3.05) is 13.2 Å². The lowest BCUT2D eigenvalue weighted by molar-refractivity contribution is -0.147. The third-order valence-corrected chi connectivity index (χ3v) is 2.24. The fraction of sp³-hybridized carbons (Fsp3) is 0.714. The highest BCUT2D eigenvalue weighted by atomic mass is 16.5. The number of carbonyl (C=O) groups is 2. The van der Waals surface area contributed by atoms with Crippen LogP contribution in [0.25, 0.3) is 0 Å². The molecule has 2 unspecified atom stereocenters. The summed E-state index contributed by atoms with van der Waals surface area (Å²) >= 11 is 0. The SMILES string of the molecule is CC(=O)N1CC2OCC(=O)C21. The van der Waals surface area contributed by atoms with Gasteiger partial charge in [0.2, 0.25) is 5.91 Å². The minimum absolute atomic E-state index is 0.00796. The molecule has 0 saturated carbocycles. The molecule has 4 heteroatoms. The molecule has 0 N–H and O–H groups in total. The lowest BCUT2D eigenvalue weighted by atomic mass is 9.98. The minimum Gasteiger partial charge on any atom is -0.366 e. The standard InChI is InChI=1S/C7H9NO3/c1-4(9)8-2-6-7(8)5(10)3-11-6/h6-7H,2-3H2,1H3. The molecule has 11 heavy (non-hydrogen) atoms. The summed E-state index contributed by atoms with van der Waals surface area (Å²) in [4.78, 5) is 23.4. The van der Waals surface area contributed by atoms with Crippen molar-refractivity contribution in [3.05, 3.63) is 0 Å². The van der Waals surface area contributed by atoms with Crippen LogP contribution in [0.15, 0.2) is 0 Å². The molecule has 0 spiro atoms. The monoisotopic (exact) mass is 155 g/mol. The van der Waals surface area contributed by atoms with E-state index in [0.717, 1.165) is 0 Å². The van der Waals surface area contributed by atoms with Crippen molar-refractivity contribution in [3.63, 3.8) is 0 Å². The second-order valence-electron chi connectivity index (χ2n) is 2.93. The number of likely N-dealkylation sites (tertiary alicyclic amines) is 1. The van der Waals surface area contributed by atoms with Gasteiger partial charge in [-0.3, -0.25) is 9.59 Å². The topological polar surface area (TPSA) is 46.6 Å². The van der Waals surface area contributed by atoms with Crippen LogP contribution in [0.2, 0.25) is 0 Å². The van der Waals surface area contributed by atoms with Gasteiger partial charge >= 0.3 is 0 Å². The number of Topliss-reactive ketones (excluding diaryl/α,β-unsaturated/α-hetero) is 1. The van der Waals surface area contributed by atoms with Crippen LogP contribution in [-0.2, 0) is 14.3 Å². The molecule has 4 nitrogen and oxygen atoms in total.